The monoisotopic (exact) mass is 526 g/mol. The fourth-order valence-corrected chi connectivity index (χ4v) is 5.16. The molecular weight excluding hydrogens is 499 g/mol. The molecule has 1 unspecified atom stereocenters. The van der Waals surface area contributed by atoms with Gasteiger partial charge in [-0.2, -0.15) is 0 Å². The van der Waals surface area contributed by atoms with E-state index in [2.05, 4.69) is 25.6 Å². The van der Waals surface area contributed by atoms with Crippen LogP contribution in [0.3, 0.4) is 0 Å². The van der Waals surface area contributed by atoms with Gasteiger partial charge in [-0.15, -0.1) is 0 Å². The van der Waals surface area contributed by atoms with Gasteiger partial charge in [0.2, 0.25) is 5.91 Å². The number of nitrogens with zero attached hydrogens (tertiary/aromatic N) is 3. The van der Waals surface area contributed by atoms with Crippen molar-refractivity contribution in [1.29, 1.82) is 0 Å². The summed E-state index contributed by atoms with van der Waals surface area (Å²) in [6, 6.07) is 11.3. The number of aromatic nitrogens is 3. The maximum atomic E-state index is 14.8. The molecule has 0 spiro atoms. The Balaban J connectivity index is 1.29. The van der Waals surface area contributed by atoms with Crippen molar-refractivity contribution >= 4 is 39.4 Å². The van der Waals surface area contributed by atoms with Crippen molar-refractivity contribution in [2.75, 3.05) is 5.32 Å². The molecule has 4 heterocycles. The summed E-state index contributed by atoms with van der Waals surface area (Å²) in [5, 5.41) is 6.69. The van der Waals surface area contributed by atoms with Crippen molar-refractivity contribution in [3.05, 3.63) is 89.5 Å². The van der Waals surface area contributed by atoms with Crippen LogP contribution in [0.5, 0.6) is 0 Å². The molecule has 9 nitrogen and oxygen atoms in total. The number of nitrogens with one attached hydrogen (secondary N) is 3. The highest BCUT2D eigenvalue weighted by atomic mass is 19.1. The summed E-state index contributed by atoms with van der Waals surface area (Å²) in [5.74, 6) is -0.906. The van der Waals surface area contributed by atoms with Gasteiger partial charge in [-0.3, -0.25) is 19.6 Å². The molecule has 2 aromatic carbocycles. The van der Waals surface area contributed by atoms with Crippen molar-refractivity contribution in [2.24, 2.45) is 0 Å². The number of anilines is 1. The number of rotatable bonds is 6. The molecule has 2 amide bonds. The van der Waals surface area contributed by atoms with Gasteiger partial charge in [0, 0.05) is 59.2 Å². The van der Waals surface area contributed by atoms with Crippen LogP contribution < -0.4 is 10.6 Å². The number of halogens is 1. The molecule has 0 saturated carbocycles. The van der Waals surface area contributed by atoms with Gasteiger partial charge in [0.25, 0.3) is 5.91 Å². The molecule has 1 atom stereocenters. The predicted molar refractivity (Wildman–Crippen MR) is 144 cm³/mol. The van der Waals surface area contributed by atoms with E-state index in [9.17, 15) is 14.0 Å². The average molecular weight is 527 g/mol. The van der Waals surface area contributed by atoms with Crippen LogP contribution in [-0.2, 0) is 24.3 Å². The fourth-order valence-electron chi connectivity index (χ4n) is 5.16. The Morgan fingerprint density at radius 2 is 1.97 bits per heavy atom. The van der Waals surface area contributed by atoms with Gasteiger partial charge in [0.05, 0.1) is 23.8 Å². The van der Waals surface area contributed by atoms with E-state index in [1.165, 1.54) is 17.2 Å². The second-order valence-corrected chi connectivity index (χ2v) is 9.95. The molecule has 1 aliphatic heterocycles. The molecule has 0 fully saturated rings. The zero-order valence-corrected chi connectivity index (χ0v) is 21.5. The normalized spacial score (nSPS) is 15.1. The number of fused-ring (bicyclic) bond motifs is 4. The lowest BCUT2D eigenvalue weighted by Crippen LogP contribution is -2.53. The third-order valence-corrected chi connectivity index (χ3v) is 6.96. The van der Waals surface area contributed by atoms with Gasteiger partial charge < -0.3 is 24.9 Å². The van der Waals surface area contributed by atoms with E-state index < -0.39 is 11.9 Å². The number of H-pyrrole nitrogens is 1. The van der Waals surface area contributed by atoms with Crippen LogP contribution in [-0.4, -0.2) is 43.7 Å². The van der Waals surface area contributed by atoms with Gasteiger partial charge in [-0.1, -0.05) is 6.07 Å². The SMILES string of the molecule is CC(C)NC(=O)C1Cc2c([nH]c3cccc(F)c23)CN1C(=O)c1occc1CNc1ccc2nccnc2c1. The summed E-state index contributed by atoms with van der Waals surface area (Å²) in [6.07, 6.45) is 4.93. The topological polar surface area (TPSA) is 116 Å². The Bertz CT molecular complexity index is 1710. The highest BCUT2D eigenvalue weighted by Crippen LogP contribution is 2.33. The minimum absolute atomic E-state index is 0.120. The summed E-state index contributed by atoms with van der Waals surface area (Å²) in [5.41, 5.74) is 5.08. The third-order valence-electron chi connectivity index (χ3n) is 6.96. The standard InChI is InChI=1S/C29H27FN6O3/c1-16(2)34-28(37)25-13-19-24(35-22-5-3-4-20(30)26(19)22)15-36(25)29(38)27-17(8-11-39-27)14-33-18-6-7-21-23(12-18)32-10-9-31-21/h3-12,16,25,33,35H,13-15H2,1-2H3,(H,34,37). The van der Waals surface area contributed by atoms with Crippen molar-refractivity contribution in [1.82, 2.24) is 25.2 Å². The Hall–Kier alpha value is -4.73. The minimum Gasteiger partial charge on any atom is -0.459 e. The molecule has 0 radical (unpaired) electrons. The number of aromatic amines is 1. The molecule has 0 bridgehead atoms. The number of amides is 2. The quantitative estimate of drug-likeness (QED) is 0.299. The van der Waals surface area contributed by atoms with E-state index in [1.807, 2.05) is 32.0 Å². The van der Waals surface area contributed by atoms with Crippen LogP contribution >= 0.6 is 0 Å². The number of hydrogen-bond donors (Lipinski definition) is 3. The summed E-state index contributed by atoms with van der Waals surface area (Å²) in [7, 11) is 0. The summed E-state index contributed by atoms with van der Waals surface area (Å²) in [4.78, 5) is 40.5. The predicted octanol–water partition coefficient (Wildman–Crippen LogP) is 4.55. The Morgan fingerprint density at radius 3 is 2.79 bits per heavy atom. The zero-order chi connectivity index (χ0) is 27.1. The number of hydrogen-bond acceptors (Lipinski definition) is 6. The number of carbonyl (C=O) groups is 2. The van der Waals surface area contributed by atoms with Crippen LogP contribution in [0, 0.1) is 5.82 Å². The molecule has 0 aliphatic carbocycles. The molecular formula is C29H27FN6O3. The molecule has 39 heavy (non-hydrogen) atoms. The highest BCUT2D eigenvalue weighted by Gasteiger charge is 2.39. The van der Waals surface area contributed by atoms with Crippen LogP contribution in [0.1, 0.15) is 41.2 Å². The highest BCUT2D eigenvalue weighted by molar-refractivity contribution is 5.98. The van der Waals surface area contributed by atoms with Gasteiger partial charge in [-0.05, 0) is 55.8 Å². The lowest BCUT2D eigenvalue weighted by molar-refractivity contribution is -0.126. The van der Waals surface area contributed by atoms with E-state index >= 15 is 0 Å². The molecule has 5 aromatic rings. The summed E-state index contributed by atoms with van der Waals surface area (Å²) in [6.45, 7) is 4.16. The number of carbonyl (C=O) groups excluding carboxylic acids is 2. The van der Waals surface area contributed by atoms with E-state index in [-0.39, 0.29) is 36.5 Å². The Kier molecular flexibility index (Phi) is 6.22. The molecule has 3 aromatic heterocycles. The first kappa shape index (κ1) is 24.6. The third kappa shape index (κ3) is 4.58. The lowest BCUT2D eigenvalue weighted by Gasteiger charge is -2.35. The first-order chi connectivity index (χ1) is 18.9. The smallest absolute Gasteiger partial charge is 0.290 e. The van der Waals surface area contributed by atoms with Crippen molar-refractivity contribution in [3.63, 3.8) is 0 Å². The largest absolute Gasteiger partial charge is 0.459 e. The first-order valence-corrected chi connectivity index (χ1v) is 12.8. The molecule has 0 saturated heterocycles. The molecule has 10 heteroatoms. The fraction of sp³-hybridized carbons (Fsp3) is 0.241. The van der Waals surface area contributed by atoms with Crippen LogP contribution in [0.4, 0.5) is 10.1 Å². The maximum absolute atomic E-state index is 14.8. The van der Waals surface area contributed by atoms with Crippen LogP contribution in [0.25, 0.3) is 21.9 Å². The summed E-state index contributed by atoms with van der Waals surface area (Å²) >= 11 is 0. The zero-order valence-electron chi connectivity index (χ0n) is 21.5. The van der Waals surface area contributed by atoms with Gasteiger partial charge in [0.15, 0.2) is 5.76 Å². The van der Waals surface area contributed by atoms with Gasteiger partial charge >= 0.3 is 0 Å². The van der Waals surface area contributed by atoms with Crippen molar-refractivity contribution in [2.45, 2.75) is 45.4 Å². The van der Waals surface area contributed by atoms with E-state index in [1.54, 1.807) is 30.6 Å². The van der Waals surface area contributed by atoms with Crippen molar-refractivity contribution in [3.8, 4) is 0 Å². The molecule has 1 aliphatic rings. The van der Waals surface area contributed by atoms with E-state index in [0.717, 1.165) is 22.3 Å². The second-order valence-electron chi connectivity index (χ2n) is 9.95. The van der Waals surface area contributed by atoms with E-state index in [0.29, 0.717) is 28.7 Å². The lowest BCUT2D eigenvalue weighted by atomic mass is 9.95. The van der Waals surface area contributed by atoms with Gasteiger partial charge in [-0.25, -0.2) is 4.39 Å². The second kappa shape index (κ2) is 9.86. The minimum atomic E-state index is -0.823. The maximum Gasteiger partial charge on any atom is 0.290 e. The van der Waals surface area contributed by atoms with Crippen LogP contribution in [0.2, 0.25) is 0 Å². The molecule has 198 valence electrons. The van der Waals surface area contributed by atoms with E-state index in [4.69, 9.17) is 4.42 Å². The van der Waals surface area contributed by atoms with Crippen LogP contribution in [0.15, 0.2) is 65.5 Å². The first-order valence-electron chi connectivity index (χ1n) is 12.8. The Labute approximate surface area is 223 Å². The Morgan fingerprint density at radius 1 is 1.15 bits per heavy atom. The van der Waals surface area contributed by atoms with Crippen molar-refractivity contribution < 1.29 is 18.4 Å². The average Bonchev–Trinajstić information content (AvgIpc) is 3.55. The summed E-state index contributed by atoms with van der Waals surface area (Å²) < 4.78 is 20.4. The molecule has 6 rings (SSSR count). The van der Waals surface area contributed by atoms with Gasteiger partial charge in [0.1, 0.15) is 11.9 Å². The molecule has 3 N–H and O–H groups in total. The number of benzene rings is 2. The number of furan rings is 1.